The van der Waals surface area contributed by atoms with Crippen LogP contribution in [-0.4, -0.2) is 64.4 Å². The molecule has 6 nitrogen and oxygen atoms in total. The smallest absolute Gasteiger partial charge is 0.191 e. The van der Waals surface area contributed by atoms with Crippen molar-refractivity contribution in [1.82, 2.24) is 15.5 Å². The molecule has 1 unspecified atom stereocenters. The van der Waals surface area contributed by atoms with Crippen molar-refractivity contribution in [3.63, 3.8) is 0 Å². The Kier molecular flexibility index (Phi) is 9.28. The molecular weight excluding hydrogens is 328 g/mol. The molecule has 0 aromatic heterocycles. The third-order valence-electron chi connectivity index (χ3n) is 4.59. The summed E-state index contributed by atoms with van der Waals surface area (Å²) in [6, 6.07) is 8.06. The molecule has 1 saturated heterocycles. The number of ether oxygens (including phenoxy) is 2. The first kappa shape index (κ1) is 20.5. The highest BCUT2D eigenvalue weighted by molar-refractivity contribution is 5.79. The van der Waals surface area contributed by atoms with E-state index in [1.165, 1.54) is 18.5 Å². The van der Waals surface area contributed by atoms with E-state index in [0.29, 0.717) is 12.5 Å². The van der Waals surface area contributed by atoms with E-state index < -0.39 is 0 Å². The second-order valence-corrected chi connectivity index (χ2v) is 6.79. The van der Waals surface area contributed by atoms with E-state index >= 15 is 0 Å². The van der Waals surface area contributed by atoms with Gasteiger partial charge in [-0.1, -0.05) is 12.1 Å². The van der Waals surface area contributed by atoms with Gasteiger partial charge in [0.05, 0.1) is 13.7 Å². The normalized spacial score (nSPS) is 18.1. The second kappa shape index (κ2) is 11.8. The standard InChI is InChI=1S/C20H34N4O2/c1-4-26-13-5-11-21-20(23-15-18-10-12-24(2)16-18)22-14-17-6-8-19(25-3)9-7-17/h6-9,18H,4-5,10-16H2,1-3H3,(H2,21,22,23). The number of hydrogen-bond donors (Lipinski definition) is 2. The van der Waals surface area contributed by atoms with E-state index in [1.807, 2.05) is 19.1 Å². The van der Waals surface area contributed by atoms with Gasteiger partial charge in [0.2, 0.25) is 0 Å². The van der Waals surface area contributed by atoms with E-state index in [1.54, 1.807) is 7.11 Å². The van der Waals surface area contributed by atoms with E-state index in [4.69, 9.17) is 14.5 Å². The quantitative estimate of drug-likeness (QED) is 0.379. The predicted molar refractivity (Wildman–Crippen MR) is 107 cm³/mol. The van der Waals surface area contributed by atoms with Gasteiger partial charge >= 0.3 is 0 Å². The molecule has 0 aliphatic carbocycles. The third-order valence-corrected chi connectivity index (χ3v) is 4.59. The van der Waals surface area contributed by atoms with Crippen molar-refractivity contribution in [1.29, 1.82) is 0 Å². The van der Waals surface area contributed by atoms with Crippen molar-refractivity contribution in [2.45, 2.75) is 26.3 Å². The molecule has 1 aromatic carbocycles. The van der Waals surface area contributed by atoms with Gasteiger partial charge in [-0.3, -0.25) is 0 Å². The molecule has 1 fully saturated rings. The van der Waals surface area contributed by atoms with Crippen molar-refractivity contribution >= 4 is 5.96 Å². The van der Waals surface area contributed by atoms with Crippen LogP contribution in [0.1, 0.15) is 25.3 Å². The molecule has 0 spiro atoms. The number of benzene rings is 1. The Hall–Kier alpha value is -1.79. The zero-order valence-corrected chi connectivity index (χ0v) is 16.5. The van der Waals surface area contributed by atoms with E-state index in [2.05, 4.69) is 34.7 Å². The summed E-state index contributed by atoms with van der Waals surface area (Å²) in [7, 11) is 3.87. The van der Waals surface area contributed by atoms with Crippen molar-refractivity contribution < 1.29 is 9.47 Å². The van der Waals surface area contributed by atoms with E-state index in [0.717, 1.165) is 51.0 Å². The summed E-state index contributed by atoms with van der Waals surface area (Å²) >= 11 is 0. The minimum Gasteiger partial charge on any atom is -0.497 e. The van der Waals surface area contributed by atoms with Crippen LogP contribution in [0.3, 0.4) is 0 Å². The number of methoxy groups -OCH3 is 1. The fourth-order valence-corrected chi connectivity index (χ4v) is 3.03. The average Bonchev–Trinajstić information content (AvgIpc) is 3.08. The third kappa shape index (κ3) is 7.62. The first-order valence-corrected chi connectivity index (χ1v) is 9.62. The van der Waals surface area contributed by atoms with Crippen molar-refractivity contribution in [3.05, 3.63) is 29.8 Å². The number of nitrogens with one attached hydrogen (secondary N) is 2. The number of guanidine groups is 1. The van der Waals surface area contributed by atoms with Gasteiger partial charge in [0.25, 0.3) is 0 Å². The molecule has 2 rings (SSSR count). The Morgan fingerprint density at radius 1 is 1.27 bits per heavy atom. The van der Waals surface area contributed by atoms with Crippen molar-refractivity contribution in [2.75, 3.05) is 53.6 Å². The largest absolute Gasteiger partial charge is 0.497 e. The summed E-state index contributed by atoms with van der Waals surface area (Å²) in [5.41, 5.74) is 1.17. The Bertz CT molecular complexity index is 533. The van der Waals surface area contributed by atoms with Crippen LogP contribution in [0.25, 0.3) is 0 Å². The summed E-state index contributed by atoms with van der Waals surface area (Å²) in [5.74, 6) is 2.44. The lowest BCUT2D eigenvalue weighted by atomic mass is 10.1. The van der Waals surface area contributed by atoms with Gasteiger partial charge in [-0.05, 0) is 57.0 Å². The lowest BCUT2D eigenvalue weighted by Crippen LogP contribution is -2.41. The molecule has 0 radical (unpaired) electrons. The van der Waals surface area contributed by atoms with Crippen LogP contribution in [0.5, 0.6) is 5.75 Å². The zero-order chi connectivity index (χ0) is 18.6. The first-order chi connectivity index (χ1) is 12.7. The van der Waals surface area contributed by atoms with Crippen LogP contribution in [0.2, 0.25) is 0 Å². The molecule has 1 aliphatic rings. The number of hydrogen-bond acceptors (Lipinski definition) is 4. The molecule has 0 bridgehead atoms. The van der Waals surface area contributed by atoms with Crippen LogP contribution in [-0.2, 0) is 11.3 Å². The number of aliphatic imine (C=N–C) groups is 1. The van der Waals surface area contributed by atoms with Gasteiger partial charge in [-0.2, -0.15) is 0 Å². The van der Waals surface area contributed by atoms with E-state index in [-0.39, 0.29) is 0 Å². The molecular formula is C20H34N4O2. The molecule has 0 saturated carbocycles. The summed E-state index contributed by atoms with van der Waals surface area (Å²) in [5, 5.41) is 6.94. The Labute approximate surface area is 158 Å². The minimum absolute atomic E-state index is 0.648. The maximum Gasteiger partial charge on any atom is 0.191 e. The summed E-state index contributed by atoms with van der Waals surface area (Å²) < 4.78 is 10.6. The fraction of sp³-hybridized carbons (Fsp3) is 0.650. The molecule has 1 atom stereocenters. The second-order valence-electron chi connectivity index (χ2n) is 6.79. The summed E-state index contributed by atoms with van der Waals surface area (Å²) in [6.07, 6.45) is 2.23. The van der Waals surface area contributed by atoms with Gasteiger partial charge in [0.15, 0.2) is 5.96 Å². The predicted octanol–water partition coefficient (Wildman–Crippen LogP) is 2.11. The summed E-state index contributed by atoms with van der Waals surface area (Å²) in [6.45, 7) is 8.39. The lowest BCUT2D eigenvalue weighted by molar-refractivity contribution is 0.145. The number of nitrogens with zero attached hydrogens (tertiary/aromatic N) is 2. The molecule has 2 N–H and O–H groups in total. The van der Waals surface area contributed by atoms with E-state index in [9.17, 15) is 0 Å². The monoisotopic (exact) mass is 362 g/mol. The minimum atomic E-state index is 0.648. The molecule has 1 heterocycles. The Morgan fingerprint density at radius 2 is 2.08 bits per heavy atom. The van der Waals surface area contributed by atoms with Gasteiger partial charge in [0.1, 0.15) is 5.75 Å². The van der Waals surface area contributed by atoms with Gasteiger partial charge < -0.3 is 25.0 Å². The molecule has 1 aliphatic heterocycles. The SMILES string of the molecule is CCOCCCNC(=NCc1ccc(OC)cc1)NCC1CCN(C)C1. The highest BCUT2D eigenvalue weighted by atomic mass is 16.5. The topological polar surface area (TPSA) is 58.1 Å². The molecule has 6 heteroatoms. The average molecular weight is 363 g/mol. The van der Waals surface area contributed by atoms with Crippen LogP contribution >= 0.6 is 0 Å². The fourth-order valence-electron chi connectivity index (χ4n) is 3.03. The zero-order valence-electron chi connectivity index (χ0n) is 16.5. The lowest BCUT2D eigenvalue weighted by Gasteiger charge is -2.16. The van der Waals surface area contributed by atoms with Gasteiger partial charge in [-0.25, -0.2) is 4.99 Å². The Balaban J connectivity index is 1.84. The molecule has 0 amide bonds. The van der Waals surface area contributed by atoms with Gasteiger partial charge in [0, 0.05) is 32.8 Å². The molecule has 146 valence electrons. The van der Waals surface area contributed by atoms with Crippen LogP contribution in [0, 0.1) is 5.92 Å². The number of rotatable bonds is 10. The van der Waals surface area contributed by atoms with Crippen molar-refractivity contribution in [3.8, 4) is 5.75 Å². The summed E-state index contributed by atoms with van der Waals surface area (Å²) in [4.78, 5) is 7.13. The van der Waals surface area contributed by atoms with Gasteiger partial charge in [-0.15, -0.1) is 0 Å². The highest BCUT2D eigenvalue weighted by Gasteiger charge is 2.19. The number of likely N-dealkylation sites (tertiary alicyclic amines) is 1. The van der Waals surface area contributed by atoms with Crippen LogP contribution < -0.4 is 15.4 Å². The molecule has 1 aromatic rings. The molecule has 26 heavy (non-hydrogen) atoms. The maximum absolute atomic E-state index is 5.40. The Morgan fingerprint density at radius 3 is 2.73 bits per heavy atom. The first-order valence-electron chi connectivity index (χ1n) is 9.62. The van der Waals surface area contributed by atoms with Crippen molar-refractivity contribution in [2.24, 2.45) is 10.9 Å². The van der Waals surface area contributed by atoms with Crippen LogP contribution in [0.4, 0.5) is 0 Å². The highest BCUT2D eigenvalue weighted by Crippen LogP contribution is 2.13. The maximum atomic E-state index is 5.40. The van der Waals surface area contributed by atoms with Crippen LogP contribution in [0.15, 0.2) is 29.3 Å².